The molecule has 1 rings (SSSR count). The van der Waals surface area contributed by atoms with Crippen LogP contribution in [-0.4, -0.2) is 17.5 Å². The van der Waals surface area contributed by atoms with Crippen LogP contribution < -0.4 is 5.32 Å². The molecule has 1 amide bonds. The maximum atomic E-state index is 13.4. The van der Waals surface area contributed by atoms with Crippen molar-refractivity contribution >= 4 is 24.0 Å². The van der Waals surface area contributed by atoms with E-state index in [-0.39, 0.29) is 10.6 Å². The van der Waals surface area contributed by atoms with Crippen LogP contribution in [0.1, 0.15) is 18.0 Å². The van der Waals surface area contributed by atoms with Gasteiger partial charge in [0, 0.05) is 10.6 Å². The van der Waals surface area contributed by atoms with Crippen molar-refractivity contribution in [1.29, 1.82) is 0 Å². The Kier molecular flexibility index (Phi) is 4.25. The number of aliphatic carboxylic acids is 1. The molecule has 0 radical (unpaired) electrons. The van der Waals surface area contributed by atoms with E-state index in [0.29, 0.717) is 6.41 Å². The molecule has 0 aliphatic heterocycles. The Balaban J connectivity index is 3.00. The molecule has 1 unspecified atom stereocenters. The Bertz CT molecular complexity index is 411. The van der Waals surface area contributed by atoms with E-state index in [1.54, 1.807) is 0 Å². The van der Waals surface area contributed by atoms with Crippen molar-refractivity contribution in [3.05, 3.63) is 34.6 Å². The highest BCUT2D eigenvalue weighted by molar-refractivity contribution is 6.30. The summed E-state index contributed by atoms with van der Waals surface area (Å²) in [5.41, 5.74) is 0.0962. The van der Waals surface area contributed by atoms with E-state index in [0.717, 1.165) is 6.07 Å². The van der Waals surface area contributed by atoms with E-state index in [9.17, 15) is 14.0 Å². The molecule has 16 heavy (non-hydrogen) atoms. The highest BCUT2D eigenvalue weighted by Gasteiger charge is 2.18. The minimum Gasteiger partial charge on any atom is -0.481 e. The van der Waals surface area contributed by atoms with Crippen LogP contribution in [0.15, 0.2) is 18.2 Å². The number of rotatable bonds is 5. The van der Waals surface area contributed by atoms with E-state index >= 15 is 0 Å². The minimum absolute atomic E-state index is 0.0962. The lowest BCUT2D eigenvalue weighted by Crippen LogP contribution is -2.23. The van der Waals surface area contributed by atoms with Gasteiger partial charge >= 0.3 is 5.97 Å². The fourth-order valence-corrected chi connectivity index (χ4v) is 1.46. The molecular weight excluding hydrogens is 237 g/mol. The van der Waals surface area contributed by atoms with E-state index < -0.39 is 24.2 Å². The second kappa shape index (κ2) is 5.46. The molecule has 2 N–H and O–H groups in total. The molecule has 0 heterocycles. The van der Waals surface area contributed by atoms with Gasteiger partial charge in [-0.25, -0.2) is 4.39 Å². The molecule has 4 nitrogen and oxygen atoms in total. The summed E-state index contributed by atoms with van der Waals surface area (Å²) in [6, 6.07) is 2.95. The lowest BCUT2D eigenvalue weighted by Gasteiger charge is -2.15. The topological polar surface area (TPSA) is 66.4 Å². The van der Waals surface area contributed by atoms with Crippen LogP contribution in [-0.2, 0) is 9.59 Å². The molecule has 0 saturated heterocycles. The number of halogens is 2. The molecule has 0 spiro atoms. The van der Waals surface area contributed by atoms with E-state index in [4.69, 9.17) is 16.7 Å². The molecule has 1 atom stereocenters. The summed E-state index contributed by atoms with van der Waals surface area (Å²) in [6.45, 7) is 0. The smallest absolute Gasteiger partial charge is 0.305 e. The van der Waals surface area contributed by atoms with Gasteiger partial charge in [-0.15, -0.1) is 0 Å². The second-order valence-corrected chi connectivity index (χ2v) is 3.54. The van der Waals surface area contributed by atoms with Crippen molar-refractivity contribution in [2.75, 3.05) is 0 Å². The van der Waals surface area contributed by atoms with Crippen molar-refractivity contribution in [3.8, 4) is 0 Å². The number of hydrogen-bond donors (Lipinski definition) is 2. The predicted molar refractivity (Wildman–Crippen MR) is 55.6 cm³/mol. The molecule has 0 aromatic heterocycles. The first-order valence-electron chi connectivity index (χ1n) is 4.41. The number of benzene rings is 1. The molecule has 6 heteroatoms. The quantitative estimate of drug-likeness (QED) is 0.777. The first-order chi connectivity index (χ1) is 7.54. The fraction of sp³-hybridized carbons (Fsp3) is 0.200. The summed E-state index contributed by atoms with van der Waals surface area (Å²) >= 11 is 5.56. The predicted octanol–water partition coefficient (Wildman–Crippen LogP) is 1.74. The highest BCUT2D eigenvalue weighted by Crippen LogP contribution is 2.22. The molecule has 0 aliphatic carbocycles. The zero-order valence-electron chi connectivity index (χ0n) is 8.11. The van der Waals surface area contributed by atoms with E-state index in [1.165, 1.54) is 12.1 Å². The Labute approximate surface area is 96.0 Å². The van der Waals surface area contributed by atoms with Gasteiger partial charge in [0.2, 0.25) is 6.41 Å². The number of carbonyl (C=O) groups excluding carboxylic acids is 1. The summed E-state index contributed by atoms with van der Waals surface area (Å²) in [6.07, 6.45) is -0.0566. The Morgan fingerprint density at radius 3 is 2.81 bits per heavy atom. The summed E-state index contributed by atoms with van der Waals surface area (Å²) in [7, 11) is 0. The van der Waals surface area contributed by atoms with Crippen molar-refractivity contribution in [2.45, 2.75) is 12.5 Å². The molecule has 1 aromatic rings. The normalized spacial score (nSPS) is 11.9. The van der Waals surface area contributed by atoms with Crippen LogP contribution in [0.3, 0.4) is 0 Å². The van der Waals surface area contributed by atoms with Crippen molar-refractivity contribution in [3.63, 3.8) is 0 Å². The highest BCUT2D eigenvalue weighted by atomic mass is 35.5. The average Bonchev–Trinajstić information content (AvgIpc) is 2.16. The third-order valence-corrected chi connectivity index (χ3v) is 2.22. The third kappa shape index (κ3) is 3.20. The summed E-state index contributed by atoms with van der Waals surface area (Å²) < 4.78 is 13.4. The maximum Gasteiger partial charge on any atom is 0.305 e. The number of carboxylic acid groups (broad SMARTS) is 1. The van der Waals surface area contributed by atoms with Gasteiger partial charge in [0.25, 0.3) is 0 Å². The lowest BCUT2D eigenvalue weighted by atomic mass is 10.0. The maximum absolute atomic E-state index is 13.4. The molecular formula is C10H9ClFNO3. The van der Waals surface area contributed by atoms with Gasteiger partial charge in [-0.2, -0.15) is 0 Å². The van der Waals surface area contributed by atoms with Gasteiger partial charge in [0.1, 0.15) is 5.82 Å². The van der Waals surface area contributed by atoms with Crippen molar-refractivity contribution in [1.82, 2.24) is 5.32 Å². The molecule has 0 bridgehead atoms. The number of carbonyl (C=O) groups is 2. The lowest BCUT2D eigenvalue weighted by molar-refractivity contribution is -0.137. The average molecular weight is 246 g/mol. The van der Waals surface area contributed by atoms with Gasteiger partial charge in [-0.3, -0.25) is 9.59 Å². The monoisotopic (exact) mass is 245 g/mol. The van der Waals surface area contributed by atoms with Crippen LogP contribution in [0, 0.1) is 5.82 Å². The minimum atomic E-state index is -1.13. The molecule has 0 fully saturated rings. The Morgan fingerprint density at radius 2 is 2.31 bits per heavy atom. The first kappa shape index (κ1) is 12.4. The zero-order chi connectivity index (χ0) is 12.1. The molecule has 1 aromatic carbocycles. The first-order valence-corrected chi connectivity index (χ1v) is 4.79. The largest absolute Gasteiger partial charge is 0.481 e. The fourth-order valence-electron chi connectivity index (χ4n) is 1.30. The number of nitrogens with one attached hydrogen (secondary N) is 1. The van der Waals surface area contributed by atoms with Gasteiger partial charge in [-0.1, -0.05) is 17.7 Å². The number of carboxylic acids is 1. The van der Waals surface area contributed by atoms with E-state index in [1.807, 2.05) is 0 Å². The van der Waals surface area contributed by atoms with Gasteiger partial charge in [-0.05, 0) is 12.1 Å². The second-order valence-electron chi connectivity index (χ2n) is 3.10. The standard InChI is InChI=1S/C10H9ClFNO3/c11-6-1-2-7(8(12)3-6)9(13-5-14)4-10(15)16/h1-3,5,9H,4H2,(H,13,14)(H,15,16). The van der Waals surface area contributed by atoms with Crippen LogP contribution in [0.4, 0.5) is 4.39 Å². The third-order valence-electron chi connectivity index (χ3n) is 1.99. The molecule has 86 valence electrons. The summed E-state index contributed by atoms with van der Waals surface area (Å²) in [4.78, 5) is 20.8. The SMILES string of the molecule is O=CNC(CC(=O)O)c1ccc(Cl)cc1F. The molecule has 0 saturated carbocycles. The van der Waals surface area contributed by atoms with Gasteiger partial charge in [0.05, 0.1) is 12.5 Å². The van der Waals surface area contributed by atoms with Gasteiger partial charge < -0.3 is 10.4 Å². The summed E-state index contributed by atoms with van der Waals surface area (Å²) in [5.74, 6) is -1.78. The van der Waals surface area contributed by atoms with E-state index in [2.05, 4.69) is 5.32 Å². The zero-order valence-corrected chi connectivity index (χ0v) is 8.87. The van der Waals surface area contributed by atoms with Crippen LogP contribution in [0.25, 0.3) is 0 Å². The van der Waals surface area contributed by atoms with Crippen LogP contribution in [0.5, 0.6) is 0 Å². The number of amides is 1. The Morgan fingerprint density at radius 1 is 1.62 bits per heavy atom. The molecule has 0 aliphatic rings. The van der Waals surface area contributed by atoms with Crippen molar-refractivity contribution < 1.29 is 19.1 Å². The van der Waals surface area contributed by atoms with Gasteiger partial charge in [0.15, 0.2) is 0 Å². The van der Waals surface area contributed by atoms with Crippen LogP contribution in [0.2, 0.25) is 5.02 Å². The number of hydrogen-bond acceptors (Lipinski definition) is 2. The van der Waals surface area contributed by atoms with Crippen LogP contribution >= 0.6 is 11.6 Å². The summed E-state index contributed by atoms with van der Waals surface area (Å²) in [5, 5.41) is 11.1. The Hall–Kier alpha value is -1.62. The van der Waals surface area contributed by atoms with Crippen molar-refractivity contribution in [2.24, 2.45) is 0 Å².